The number of halogens is 1. The molecule has 5 nitrogen and oxygen atoms in total. The van der Waals surface area contributed by atoms with Gasteiger partial charge in [0.15, 0.2) is 0 Å². The van der Waals surface area contributed by atoms with Crippen LogP contribution in [0.5, 0.6) is 11.5 Å². The lowest BCUT2D eigenvalue weighted by atomic mass is 10.1. The van der Waals surface area contributed by atoms with E-state index in [1.165, 1.54) is 12.1 Å². The molecule has 1 N–H and O–H groups in total. The van der Waals surface area contributed by atoms with Crippen LogP contribution in [0.25, 0.3) is 0 Å². The van der Waals surface area contributed by atoms with E-state index in [0.717, 1.165) is 5.69 Å². The Kier molecular flexibility index (Phi) is 7.14. The van der Waals surface area contributed by atoms with Crippen LogP contribution in [0.1, 0.15) is 35.6 Å². The summed E-state index contributed by atoms with van der Waals surface area (Å²) in [7, 11) is 0. The van der Waals surface area contributed by atoms with Gasteiger partial charge >= 0.3 is 0 Å². The number of anilines is 1. The molecule has 0 radical (unpaired) electrons. The Morgan fingerprint density at radius 1 is 1.10 bits per heavy atom. The molecule has 0 bridgehead atoms. The van der Waals surface area contributed by atoms with Crippen LogP contribution in [-0.2, 0) is 11.2 Å². The van der Waals surface area contributed by atoms with E-state index < -0.39 is 0 Å². The summed E-state index contributed by atoms with van der Waals surface area (Å²) in [5, 5.41) is 2.87. The number of pyridine rings is 1. The summed E-state index contributed by atoms with van der Waals surface area (Å²) >= 11 is 0. The van der Waals surface area contributed by atoms with Crippen molar-refractivity contribution < 1.29 is 18.7 Å². The van der Waals surface area contributed by atoms with Crippen molar-refractivity contribution in [3.05, 3.63) is 83.4 Å². The van der Waals surface area contributed by atoms with Crippen LogP contribution in [0, 0.1) is 12.7 Å². The molecule has 0 aliphatic carbocycles. The zero-order valence-electron chi connectivity index (χ0n) is 17.3. The first-order chi connectivity index (χ1) is 14.4. The molecule has 1 unspecified atom stereocenters. The normalized spacial score (nSPS) is 11.7. The van der Waals surface area contributed by atoms with Crippen LogP contribution in [0.15, 0.2) is 60.7 Å². The number of rotatable bonds is 8. The van der Waals surface area contributed by atoms with Gasteiger partial charge in [-0.05, 0) is 69.3 Å². The molecule has 156 valence electrons. The lowest BCUT2D eigenvalue weighted by molar-refractivity contribution is 0.0761. The zero-order valence-corrected chi connectivity index (χ0v) is 17.3. The van der Waals surface area contributed by atoms with Gasteiger partial charge in [0.25, 0.3) is 5.91 Å². The molecule has 3 rings (SSSR count). The number of benzene rings is 2. The van der Waals surface area contributed by atoms with Crippen molar-refractivity contribution in [3.63, 3.8) is 0 Å². The molecule has 0 aliphatic heterocycles. The average molecular weight is 408 g/mol. The monoisotopic (exact) mass is 408 g/mol. The van der Waals surface area contributed by atoms with Gasteiger partial charge in [0.1, 0.15) is 17.3 Å². The van der Waals surface area contributed by atoms with Crippen molar-refractivity contribution in [2.24, 2.45) is 0 Å². The van der Waals surface area contributed by atoms with E-state index in [1.807, 2.05) is 26.8 Å². The van der Waals surface area contributed by atoms with Crippen molar-refractivity contribution in [3.8, 4) is 11.5 Å². The maximum atomic E-state index is 13.0. The van der Waals surface area contributed by atoms with E-state index >= 15 is 0 Å². The number of aryl methyl sites for hydroxylation is 1. The van der Waals surface area contributed by atoms with Gasteiger partial charge in [0.05, 0.1) is 17.4 Å². The summed E-state index contributed by atoms with van der Waals surface area (Å²) in [6, 6.07) is 16.4. The molecule has 30 heavy (non-hydrogen) atoms. The van der Waals surface area contributed by atoms with Crippen molar-refractivity contribution in [1.82, 2.24) is 4.98 Å². The highest BCUT2D eigenvalue weighted by atomic mass is 19.1. The van der Waals surface area contributed by atoms with Crippen molar-refractivity contribution in [1.29, 1.82) is 0 Å². The van der Waals surface area contributed by atoms with Gasteiger partial charge in [-0.2, -0.15) is 0 Å². The minimum Gasteiger partial charge on any atom is -0.457 e. The topological polar surface area (TPSA) is 60.5 Å². The van der Waals surface area contributed by atoms with E-state index in [2.05, 4.69) is 10.3 Å². The highest BCUT2D eigenvalue weighted by Gasteiger charge is 2.13. The van der Waals surface area contributed by atoms with Crippen molar-refractivity contribution in [2.45, 2.75) is 33.3 Å². The summed E-state index contributed by atoms with van der Waals surface area (Å²) in [5.41, 5.74) is 2.65. The molecule has 0 saturated heterocycles. The van der Waals surface area contributed by atoms with Gasteiger partial charge in [-0.25, -0.2) is 4.39 Å². The molecule has 1 amide bonds. The molecule has 0 saturated carbocycles. The lowest BCUT2D eigenvalue weighted by Crippen LogP contribution is -2.16. The van der Waals surface area contributed by atoms with E-state index in [9.17, 15) is 9.18 Å². The zero-order chi connectivity index (χ0) is 21.5. The first-order valence-corrected chi connectivity index (χ1v) is 9.87. The molecule has 1 atom stereocenters. The number of nitrogens with one attached hydrogen (secondary N) is 1. The summed E-state index contributed by atoms with van der Waals surface area (Å²) in [4.78, 5) is 17.3. The minimum absolute atomic E-state index is 0.0745. The number of hydrogen-bond acceptors (Lipinski definition) is 4. The van der Waals surface area contributed by atoms with Gasteiger partial charge in [-0.15, -0.1) is 0 Å². The summed E-state index contributed by atoms with van der Waals surface area (Å²) < 4.78 is 24.3. The maximum absolute atomic E-state index is 13.0. The summed E-state index contributed by atoms with van der Waals surface area (Å²) in [6.07, 6.45) is 0.768. The van der Waals surface area contributed by atoms with Crippen LogP contribution >= 0.6 is 0 Å². The third kappa shape index (κ3) is 5.87. The maximum Gasteiger partial charge on any atom is 0.257 e. The minimum atomic E-state index is -0.328. The molecule has 1 aromatic heterocycles. The summed E-state index contributed by atoms with van der Waals surface area (Å²) in [6.45, 7) is 6.44. The molecular weight excluding hydrogens is 383 g/mol. The Labute approximate surface area is 175 Å². The third-order valence-corrected chi connectivity index (χ3v) is 4.48. The van der Waals surface area contributed by atoms with Crippen molar-refractivity contribution >= 4 is 11.6 Å². The van der Waals surface area contributed by atoms with Crippen LogP contribution in [0.4, 0.5) is 10.1 Å². The molecule has 3 aromatic rings. The number of ether oxygens (including phenoxy) is 2. The van der Waals surface area contributed by atoms with Gasteiger partial charge in [0.2, 0.25) is 0 Å². The second-order valence-electron chi connectivity index (χ2n) is 6.94. The second kappa shape index (κ2) is 9.98. The van der Waals surface area contributed by atoms with Crippen LogP contribution < -0.4 is 10.1 Å². The molecule has 6 heteroatoms. The smallest absolute Gasteiger partial charge is 0.257 e. The molecule has 0 spiro atoms. The fourth-order valence-electron chi connectivity index (χ4n) is 3.08. The Morgan fingerprint density at radius 3 is 2.57 bits per heavy atom. The standard InChI is InChI=1S/C24H25FN2O3/c1-4-29-16(2)14-20-10-13-23(17(3)26-20)24(28)27-19-6-5-7-22(15-19)30-21-11-8-18(25)9-12-21/h5-13,15-16H,4,14H2,1-3H3,(H,27,28). The number of hydrogen-bond donors (Lipinski definition) is 1. The van der Waals surface area contributed by atoms with Gasteiger partial charge in [0, 0.05) is 30.5 Å². The van der Waals surface area contributed by atoms with Crippen LogP contribution in [0.2, 0.25) is 0 Å². The molecular formula is C24H25FN2O3. The first-order valence-electron chi connectivity index (χ1n) is 9.87. The Hall–Kier alpha value is -3.25. The average Bonchev–Trinajstić information content (AvgIpc) is 2.70. The van der Waals surface area contributed by atoms with E-state index in [4.69, 9.17) is 9.47 Å². The Morgan fingerprint density at radius 2 is 1.87 bits per heavy atom. The van der Waals surface area contributed by atoms with E-state index in [-0.39, 0.29) is 17.8 Å². The van der Waals surface area contributed by atoms with Crippen LogP contribution in [0.3, 0.4) is 0 Å². The highest BCUT2D eigenvalue weighted by Crippen LogP contribution is 2.25. The Balaban J connectivity index is 1.67. The number of aromatic nitrogens is 1. The van der Waals surface area contributed by atoms with E-state index in [0.29, 0.717) is 41.5 Å². The molecule has 2 aromatic carbocycles. The molecule has 1 heterocycles. The SMILES string of the molecule is CCOC(C)Cc1ccc(C(=O)Nc2cccc(Oc3ccc(F)cc3)c2)c(C)n1. The predicted molar refractivity (Wildman–Crippen MR) is 115 cm³/mol. The number of nitrogens with zero attached hydrogens (tertiary/aromatic N) is 1. The molecule has 0 aliphatic rings. The number of carbonyl (C=O) groups is 1. The third-order valence-electron chi connectivity index (χ3n) is 4.48. The number of amides is 1. The van der Waals surface area contributed by atoms with E-state index in [1.54, 1.807) is 42.5 Å². The fraction of sp³-hybridized carbons (Fsp3) is 0.250. The van der Waals surface area contributed by atoms with Crippen molar-refractivity contribution in [2.75, 3.05) is 11.9 Å². The first kappa shape index (κ1) is 21.5. The second-order valence-corrected chi connectivity index (χ2v) is 6.94. The van der Waals surface area contributed by atoms with Gasteiger partial charge < -0.3 is 14.8 Å². The van der Waals surface area contributed by atoms with Gasteiger partial charge in [-0.1, -0.05) is 6.07 Å². The Bertz CT molecular complexity index is 1010. The van der Waals surface area contributed by atoms with Crippen LogP contribution in [-0.4, -0.2) is 23.6 Å². The summed E-state index contributed by atoms with van der Waals surface area (Å²) in [5.74, 6) is 0.473. The predicted octanol–water partition coefficient (Wildman–Crippen LogP) is 5.54. The molecule has 0 fully saturated rings. The van der Waals surface area contributed by atoms with Gasteiger partial charge in [-0.3, -0.25) is 9.78 Å². The lowest BCUT2D eigenvalue weighted by Gasteiger charge is -2.13. The highest BCUT2D eigenvalue weighted by molar-refractivity contribution is 6.05. The number of carbonyl (C=O) groups excluding carboxylic acids is 1. The quantitative estimate of drug-likeness (QED) is 0.532. The fourth-order valence-corrected chi connectivity index (χ4v) is 3.08. The largest absolute Gasteiger partial charge is 0.457 e.